The van der Waals surface area contributed by atoms with Crippen LogP contribution in [-0.4, -0.2) is 95.4 Å². The van der Waals surface area contributed by atoms with Crippen molar-refractivity contribution >= 4 is 17.8 Å². The molecule has 3 aliphatic heterocycles. The normalized spacial score (nSPS) is 22.9. The number of likely N-dealkylation sites (tertiary alicyclic amines) is 2. The summed E-state index contributed by atoms with van der Waals surface area (Å²) in [5.74, 6) is 1.82. The first-order valence-electron chi connectivity index (χ1n) is 13.5. The molecule has 198 valence electrons. The van der Waals surface area contributed by atoms with Crippen molar-refractivity contribution in [3.63, 3.8) is 0 Å². The highest BCUT2D eigenvalue weighted by Crippen LogP contribution is 2.33. The summed E-state index contributed by atoms with van der Waals surface area (Å²) in [6.45, 7) is 12.8. The number of carbonyl (C=O) groups excluding carboxylic acids is 2. The lowest BCUT2D eigenvalue weighted by molar-refractivity contribution is -0.129. The third kappa shape index (κ3) is 5.48. The lowest BCUT2D eigenvalue weighted by atomic mass is 10.0. The molecule has 5 rings (SSSR count). The zero-order valence-corrected chi connectivity index (χ0v) is 22.3. The molecule has 3 fully saturated rings. The quantitative estimate of drug-likeness (QED) is 0.640. The minimum absolute atomic E-state index is 0.0509. The standard InChI is InChI=1S/C28H39N7O2/c1-19-26(20(2)31-28(30-19)34-13-11-33(12-14-34)21(3)36)27(37)35-17-23-15-32(16-24(23)18-35)10-9-25(29)22-7-5-4-6-8-22/h4-8,23-25H,9-18,29H2,1-3H3/t23?,24?,25-/m0/s1. The van der Waals surface area contributed by atoms with E-state index in [9.17, 15) is 9.59 Å². The molecule has 0 spiro atoms. The topological polar surface area (TPSA) is 98.9 Å². The van der Waals surface area contributed by atoms with Crippen LogP contribution in [0.15, 0.2) is 30.3 Å². The van der Waals surface area contributed by atoms with E-state index in [0.717, 1.165) is 50.5 Å². The minimum atomic E-state index is 0.0509. The van der Waals surface area contributed by atoms with E-state index in [0.29, 0.717) is 49.5 Å². The lowest BCUT2D eigenvalue weighted by Gasteiger charge is -2.34. The number of amides is 2. The number of hydrogen-bond donors (Lipinski definition) is 1. The molecule has 9 heteroatoms. The highest BCUT2D eigenvalue weighted by atomic mass is 16.2. The number of nitrogens with two attached hydrogens (primary N) is 1. The number of aromatic nitrogens is 2. The van der Waals surface area contributed by atoms with Gasteiger partial charge in [-0.2, -0.15) is 0 Å². The number of nitrogens with zero attached hydrogens (tertiary/aromatic N) is 6. The Bertz CT molecular complexity index is 1100. The third-order valence-electron chi connectivity index (χ3n) is 8.31. The summed E-state index contributed by atoms with van der Waals surface area (Å²) >= 11 is 0. The van der Waals surface area contributed by atoms with Crippen molar-refractivity contribution in [2.24, 2.45) is 17.6 Å². The molecule has 0 saturated carbocycles. The van der Waals surface area contributed by atoms with Gasteiger partial charge in [0.2, 0.25) is 11.9 Å². The van der Waals surface area contributed by atoms with E-state index < -0.39 is 0 Å². The summed E-state index contributed by atoms with van der Waals surface area (Å²) in [5, 5.41) is 0. The highest BCUT2D eigenvalue weighted by molar-refractivity contribution is 5.96. The first kappa shape index (κ1) is 25.6. The second-order valence-corrected chi connectivity index (χ2v) is 10.9. The van der Waals surface area contributed by atoms with Gasteiger partial charge >= 0.3 is 0 Å². The van der Waals surface area contributed by atoms with Crippen LogP contribution in [0, 0.1) is 25.7 Å². The predicted octanol–water partition coefficient (Wildman–Crippen LogP) is 1.86. The fraction of sp³-hybridized carbons (Fsp3) is 0.571. The van der Waals surface area contributed by atoms with Crippen molar-refractivity contribution < 1.29 is 9.59 Å². The van der Waals surface area contributed by atoms with Crippen LogP contribution < -0.4 is 10.6 Å². The van der Waals surface area contributed by atoms with Crippen LogP contribution in [0.3, 0.4) is 0 Å². The molecular weight excluding hydrogens is 466 g/mol. The average Bonchev–Trinajstić information content (AvgIpc) is 3.46. The molecule has 0 aliphatic carbocycles. The molecule has 37 heavy (non-hydrogen) atoms. The number of hydrogen-bond acceptors (Lipinski definition) is 7. The summed E-state index contributed by atoms with van der Waals surface area (Å²) in [7, 11) is 0. The van der Waals surface area contributed by atoms with Crippen molar-refractivity contribution in [1.29, 1.82) is 0 Å². The Balaban J connectivity index is 1.16. The monoisotopic (exact) mass is 505 g/mol. The molecule has 2 amide bonds. The van der Waals surface area contributed by atoms with Crippen LogP contribution in [0.2, 0.25) is 0 Å². The van der Waals surface area contributed by atoms with Crippen molar-refractivity contribution in [2.75, 3.05) is 63.8 Å². The Kier molecular flexibility index (Phi) is 7.44. The van der Waals surface area contributed by atoms with E-state index in [-0.39, 0.29) is 17.9 Å². The van der Waals surface area contributed by atoms with Gasteiger partial charge in [0.05, 0.1) is 17.0 Å². The molecule has 3 atom stereocenters. The van der Waals surface area contributed by atoms with Gasteiger partial charge in [0, 0.05) is 65.3 Å². The number of piperazine rings is 1. The first-order chi connectivity index (χ1) is 17.8. The molecule has 2 N–H and O–H groups in total. The fourth-order valence-corrected chi connectivity index (χ4v) is 6.16. The maximum atomic E-state index is 13.5. The van der Waals surface area contributed by atoms with Gasteiger partial charge < -0.3 is 25.3 Å². The van der Waals surface area contributed by atoms with Crippen LogP contribution in [0.5, 0.6) is 0 Å². The fourth-order valence-electron chi connectivity index (χ4n) is 6.16. The summed E-state index contributed by atoms with van der Waals surface area (Å²) in [5.41, 5.74) is 9.70. The van der Waals surface area contributed by atoms with Crippen LogP contribution in [0.1, 0.15) is 46.7 Å². The molecule has 2 aromatic rings. The van der Waals surface area contributed by atoms with Crippen molar-refractivity contribution in [2.45, 2.75) is 33.2 Å². The molecule has 1 aromatic carbocycles. The number of carbonyl (C=O) groups is 2. The van der Waals surface area contributed by atoms with Gasteiger partial charge in [0.1, 0.15) is 0 Å². The molecule has 2 unspecified atom stereocenters. The first-order valence-corrected chi connectivity index (χ1v) is 13.5. The molecule has 0 radical (unpaired) electrons. The van der Waals surface area contributed by atoms with E-state index in [1.807, 2.05) is 41.8 Å². The SMILES string of the molecule is CC(=O)N1CCN(c2nc(C)c(C(=O)N3CC4CN(CC[C@H](N)c5ccccc5)CC4C3)c(C)n2)CC1. The molecule has 1 aromatic heterocycles. The molecular formula is C28H39N7O2. The number of fused-ring (bicyclic) bond motifs is 1. The Morgan fingerprint density at radius 1 is 0.919 bits per heavy atom. The van der Waals surface area contributed by atoms with Crippen LogP contribution >= 0.6 is 0 Å². The van der Waals surface area contributed by atoms with E-state index >= 15 is 0 Å². The Morgan fingerprint density at radius 3 is 2.08 bits per heavy atom. The van der Waals surface area contributed by atoms with Crippen molar-refractivity contribution in [3.05, 3.63) is 52.8 Å². The number of rotatable bonds is 6. The molecule has 3 aliphatic rings. The smallest absolute Gasteiger partial charge is 0.257 e. The second kappa shape index (κ2) is 10.8. The summed E-state index contributed by atoms with van der Waals surface area (Å²) in [6.07, 6.45) is 0.942. The van der Waals surface area contributed by atoms with E-state index in [4.69, 9.17) is 15.7 Å². The van der Waals surface area contributed by atoms with E-state index in [1.165, 1.54) is 5.56 Å². The largest absolute Gasteiger partial charge is 0.339 e. The van der Waals surface area contributed by atoms with Crippen molar-refractivity contribution in [3.8, 4) is 0 Å². The zero-order chi connectivity index (χ0) is 26.1. The molecule has 3 saturated heterocycles. The highest BCUT2D eigenvalue weighted by Gasteiger charge is 2.42. The van der Waals surface area contributed by atoms with Crippen LogP contribution in [0.4, 0.5) is 5.95 Å². The maximum Gasteiger partial charge on any atom is 0.257 e. The molecule has 0 bridgehead atoms. The van der Waals surface area contributed by atoms with Crippen LogP contribution in [-0.2, 0) is 4.79 Å². The predicted molar refractivity (Wildman–Crippen MR) is 143 cm³/mol. The van der Waals surface area contributed by atoms with Gasteiger partial charge in [-0.15, -0.1) is 0 Å². The number of aryl methyl sites for hydroxylation is 2. The van der Waals surface area contributed by atoms with Gasteiger partial charge in [0.15, 0.2) is 0 Å². The Morgan fingerprint density at radius 2 is 1.51 bits per heavy atom. The summed E-state index contributed by atoms with van der Waals surface area (Å²) in [6, 6.07) is 10.4. The Hall–Kier alpha value is -3.04. The average molecular weight is 506 g/mol. The lowest BCUT2D eigenvalue weighted by Crippen LogP contribution is -2.48. The van der Waals surface area contributed by atoms with Crippen LogP contribution in [0.25, 0.3) is 0 Å². The summed E-state index contributed by atoms with van der Waals surface area (Å²) < 4.78 is 0. The van der Waals surface area contributed by atoms with E-state index in [1.54, 1.807) is 6.92 Å². The molecule has 9 nitrogen and oxygen atoms in total. The third-order valence-corrected chi connectivity index (χ3v) is 8.31. The zero-order valence-electron chi connectivity index (χ0n) is 22.3. The second-order valence-electron chi connectivity index (χ2n) is 10.9. The van der Waals surface area contributed by atoms with Gasteiger partial charge in [-0.25, -0.2) is 9.97 Å². The minimum Gasteiger partial charge on any atom is -0.339 e. The van der Waals surface area contributed by atoms with Gasteiger partial charge in [0.25, 0.3) is 5.91 Å². The van der Waals surface area contributed by atoms with Crippen molar-refractivity contribution in [1.82, 2.24) is 24.7 Å². The van der Waals surface area contributed by atoms with E-state index in [2.05, 4.69) is 21.9 Å². The summed E-state index contributed by atoms with van der Waals surface area (Å²) in [4.78, 5) is 43.1. The van der Waals surface area contributed by atoms with Gasteiger partial charge in [-0.3, -0.25) is 9.59 Å². The van der Waals surface area contributed by atoms with Gasteiger partial charge in [-0.05, 0) is 44.2 Å². The number of benzene rings is 1. The molecule has 4 heterocycles. The number of anilines is 1. The van der Waals surface area contributed by atoms with Gasteiger partial charge in [-0.1, -0.05) is 30.3 Å². The maximum absolute atomic E-state index is 13.5. The Labute approximate surface area is 219 Å².